The molecule has 0 N–H and O–H groups in total. The number of benzene rings is 3. The molecule has 4 rings (SSSR count). The molecule has 1 amide bonds. The lowest BCUT2D eigenvalue weighted by atomic mass is 10.1. The third kappa shape index (κ3) is 6.25. The van der Waals surface area contributed by atoms with Crippen molar-refractivity contribution in [2.45, 2.75) is 17.7 Å². The van der Waals surface area contributed by atoms with Gasteiger partial charge in [0.2, 0.25) is 0 Å². The Kier molecular flexibility index (Phi) is 8.78. The topological polar surface area (TPSA) is 161 Å². The third-order valence-electron chi connectivity index (χ3n) is 6.05. The predicted molar refractivity (Wildman–Crippen MR) is 152 cm³/mol. The van der Waals surface area contributed by atoms with Crippen LogP contribution in [0.2, 0.25) is 5.02 Å². The number of carbonyl (C=O) groups is 1. The maximum atomic E-state index is 13.6. The molecular formula is C28H21ClN6O5S. The van der Waals surface area contributed by atoms with E-state index >= 15 is 0 Å². The summed E-state index contributed by atoms with van der Waals surface area (Å²) >= 11 is 6.32. The summed E-state index contributed by atoms with van der Waals surface area (Å²) in [6, 6.07) is 21.8. The quantitative estimate of drug-likeness (QED) is 0.183. The molecule has 3 aromatic carbocycles. The van der Waals surface area contributed by atoms with Gasteiger partial charge < -0.3 is 4.90 Å². The van der Waals surface area contributed by atoms with Crippen LogP contribution in [-0.4, -0.2) is 42.5 Å². The zero-order chi connectivity index (χ0) is 29.6. The Morgan fingerprint density at radius 3 is 2.22 bits per heavy atom. The van der Waals surface area contributed by atoms with Crippen LogP contribution in [0.4, 0.5) is 11.4 Å². The number of sulfonamides is 1. The van der Waals surface area contributed by atoms with Crippen molar-refractivity contribution >= 4 is 50.8 Å². The monoisotopic (exact) mass is 588 g/mol. The number of rotatable bonds is 10. The Morgan fingerprint density at radius 1 is 1.00 bits per heavy atom. The molecule has 11 nitrogen and oxygen atoms in total. The molecule has 1 aliphatic heterocycles. The van der Waals surface area contributed by atoms with Gasteiger partial charge in [-0.3, -0.25) is 14.9 Å². The Morgan fingerprint density at radius 2 is 1.63 bits per heavy atom. The highest BCUT2D eigenvalue weighted by Crippen LogP contribution is 2.32. The maximum absolute atomic E-state index is 13.6. The average Bonchev–Trinajstić information content (AvgIpc) is 3.30. The summed E-state index contributed by atoms with van der Waals surface area (Å²) in [6.45, 7) is 0.863. The molecule has 3 aromatic rings. The normalized spacial score (nSPS) is 13.9. The van der Waals surface area contributed by atoms with E-state index in [1.807, 2.05) is 4.90 Å². The summed E-state index contributed by atoms with van der Waals surface area (Å²) in [7, 11) is -4.47. The SMILES string of the molecule is N#CCCN(CCC#N)c1ccc(/C=C2/N=C(c3cc([N+](=O)[O-])ccc3Cl)N(S(=O)(=O)c3ccccc3)C2=O)cc1. The highest BCUT2D eigenvalue weighted by atomic mass is 35.5. The number of amides is 1. The van der Waals surface area contributed by atoms with E-state index in [-0.39, 0.29) is 45.5 Å². The van der Waals surface area contributed by atoms with Crippen LogP contribution in [0, 0.1) is 32.8 Å². The van der Waals surface area contributed by atoms with Crippen LogP contribution < -0.4 is 4.90 Å². The van der Waals surface area contributed by atoms with Gasteiger partial charge in [0.25, 0.3) is 21.6 Å². The summed E-state index contributed by atoms with van der Waals surface area (Å²) in [4.78, 5) is 30.3. The first-order valence-electron chi connectivity index (χ1n) is 12.2. The van der Waals surface area contributed by atoms with E-state index in [1.54, 1.807) is 30.3 Å². The number of hydrogen-bond acceptors (Lipinski definition) is 9. The molecule has 0 bridgehead atoms. The largest absolute Gasteiger partial charge is 0.369 e. The van der Waals surface area contributed by atoms with Gasteiger partial charge in [0.1, 0.15) is 5.70 Å². The number of amidine groups is 1. The minimum atomic E-state index is -4.47. The van der Waals surface area contributed by atoms with Gasteiger partial charge in [-0.1, -0.05) is 41.9 Å². The Bertz CT molecular complexity index is 1730. The van der Waals surface area contributed by atoms with Crippen LogP contribution in [0.25, 0.3) is 6.08 Å². The Labute approximate surface area is 241 Å². The predicted octanol–water partition coefficient (Wildman–Crippen LogP) is 4.90. The molecule has 0 aliphatic carbocycles. The van der Waals surface area contributed by atoms with Gasteiger partial charge in [0.05, 0.1) is 39.8 Å². The van der Waals surface area contributed by atoms with E-state index in [2.05, 4.69) is 17.1 Å². The highest BCUT2D eigenvalue weighted by molar-refractivity contribution is 7.90. The molecular weight excluding hydrogens is 568 g/mol. The molecule has 0 radical (unpaired) electrons. The second-order valence-electron chi connectivity index (χ2n) is 8.67. The molecule has 0 saturated carbocycles. The van der Waals surface area contributed by atoms with Crippen molar-refractivity contribution in [1.82, 2.24) is 4.31 Å². The molecule has 0 saturated heterocycles. The van der Waals surface area contributed by atoms with Crippen LogP contribution in [0.15, 0.2) is 88.4 Å². The van der Waals surface area contributed by atoms with Crippen molar-refractivity contribution in [2.75, 3.05) is 18.0 Å². The number of nitrogens with zero attached hydrogens (tertiary/aromatic N) is 6. The van der Waals surface area contributed by atoms with E-state index < -0.39 is 20.9 Å². The Hall–Kier alpha value is -5.04. The minimum Gasteiger partial charge on any atom is -0.369 e. The van der Waals surface area contributed by atoms with Crippen LogP contribution in [0.1, 0.15) is 24.0 Å². The first-order valence-corrected chi connectivity index (χ1v) is 14.0. The molecule has 1 heterocycles. The van der Waals surface area contributed by atoms with Gasteiger partial charge in [-0.15, -0.1) is 0 Å². The third-order valence-corrected chi connectivity index (χ3v) is 8.07. The first-order chi connectivity index (χ1) is 19.7. The molecule has 0 unspecified atom stereocenters. The second-order valence-corrected chi connectivity index (χ2v) is 10.9. The second kappa shape index (κ2) is 12.4. The fourth-order valence-corrected chi connectivity index (χ4v) is 5.66. The lowest BCUT2D eigenvalue weighted by Crippen LogP contribution is -2.38. The minimum absolute atomic E-state index is 0.0316. The molecule has 206 valence electrons. The average molecular weight is 589 g/mol. The van der Waals surface area contributed by atoms with E-state index in [0.29, 0.717) is 23.0 Å². The number of nitro groups is 1. The fourth-order valence-electron chi connectivity index (χ4n) is 4.07. The van der Waals surface area contributed by atoms with Crippen LogP contribution in [-0.2, 0) is 14.8 Å². The van der Waals surface area contributed by atoms with Gasteiger partial charge in [-0.2, -0.15) is 14.8 Å². The number of anilines is 1. The van der Waals surface area contributed by atoms with Crippen molar-refractivity contribution in [1.29, 1.82) is 10.5 Å². The Balaban J connectivity index is 1.78. The zero-order valence-corrected chi connectivity index (χ0v) is 22.9. The van der Waals surface area contributed by atoms with Gasteiger partial charge in [-0.05, 0) is 42.0 Å². The van der Waals surface area contributed by atoms with Crippen molar-refractivity contribution in [3.05, 3.63) is 105 Å². The maximum Gasteiger partial charge on any atom is 0.292 e. The van der Waals surface area contributed by atoms with Gasteiger partial charge >= 0.3 is 0 Å². The van der Waals surface area contributed by atoms with Crippen molar-refractivity contribution in [3.63, 3.8) is 0 Å². The molecule has 0 atom stereocenters. The van der Waals surface area contributed by atoms with Gasteiger partial charge in [0.15, 0.2) is 5.84 Å². The summed E-state index contributed by atoms with van der Waals surface area (Å²) in [5.74, 6) is -1.32. The standard InChI is InChI=1S/C28H21ClN6O5S/c29-25-13-12-22(35(37)38)19-24(25)27-32-26(28(36)34(27)41(39,40)23-6-2-1-3-7-23)18-20-8-10-21(11-9-20)33(16-4-14-30)17-5-15-31/h1-3,6-13,18-19H,4-5,16-17H2/b26-18+. The van der Waals surface area contributed by atoms with E-state index in [1.165, 1.54) is 36.4 Å². The number of carbonyl (C=O) groups excluding carboxylic acids is 1. The van der Waals surface area contributed by atoms with Crippen LogP contribution in [0.5, 0.6) is 0 Å². The molecule has 41 heavy (non-hydrogen) atoms. The van der Waals surface area contributed by atoms with E-state index in [0.717, 1.165) is 17.8 Å². The van der Waals surface area contributed by atoms with Gasteiger partial charge in [-0.25, -0.2) is 13.4 Å². The molecule has 13 heteroatoms. The summed E-state index contributed by atoms with van der Waals surface area (Å²) < 4.78 is 27.7. The van der Waals surface area contributed by atoms with Crippen molar-refractivity contribution in [2.24, 2.45) is 4.99 Å². The number of non-ortho nitro benzene ring substituents is 1. The summed E-state index contributed by atoms with van der Waals surface area (Å²) in [5.41, 5.74) is 0.599. The van der Waals surface area contributed by atoms with Gasteiger partial charge in [0, 0.05) is 36.5 Å². The molecule has 0 spiro atoms. The van der Waals surface area contributed by atoms with Crippen molar-refractivity contribution < 1.29 is 18.1 Å². The lowest BCUT2D eigenvalue weighted by molar-refractivity contribution is -0.384. The van der Waals surface area contributed by atoms with Crippen LogP contribution in [0.3, 0.4) is 0 Å². The smallest absolute Gasteiger partial charge is 0.292 e. The fraction of sp³-hybridized carbons (Fsp3) is 0.143. The van der Waals surface area contributed by atoms with Crippen LogP contribution >= 0.6 is 11.6 Å². The first kappa shape index (κ1) is 29.0. The molecule has 1 aliphatic rings. The number of nitriles is 2. The molecule has 0 fully saturated rings. The van der Waals surface area contributed by atoms with E-state index in [9.17, 15) is 23.3 Å². The molecule has 0 aromatic heterocycles. The number of aliphatic imine (C=N–C) groups is 1. The number of hydrogen-bond donors (Lipinski definition) is 0. The lowest BCUT2D eigenvalue weighted by Gasteiger charge is -2.22. The number of halogens is 1. The zero-order valence-electron chi connectivity index (χ0n) is 21.3. The summed E-state index contributed by atoms with van der Waals surface area (Å²) in [5, 5.41) is 29.3. The summed E-state index contributed by atoms with van der Waals surface area (Å²) in [6.07, 6.45) is 1.94. The van der Waals surface area contributed by atoms with Crippen molar-refractivity contribution in [3.8, 4) is 12.1 Å². The van der Waals surface area contributed by atoms with E-state index in [4.69, 9.17) is 22.1 Å². The number of nitro benzene ring substituents is 1. The highest BCUT2D eigenvalue weighted by Gasteiger charge is 2.42.